The summed E-state index contributed by atoms with van der Waals surface area (Å²) in [7, 11) is 4.04. The van der Waals surface area contributed by atoms with Gasteiger partial charge in [0.05, 0.1) is 35.4 Å². The molecule has 100 valence electrons. The van der Waals surface area contributed by atoms with Crippen LogP contribution in [0, 0.1) is 23.2 Å². The van der Waals surface area contributed by atoms with Gasteiger partial charge < -0.3 is 9.88 Å². The summed E-state index contributed by atoms with van der Waals surface area (Å²) in [5.74, 6) is 0.283. The van der Waals surface area contributed by atoms with Crippen molar-refractivity contribution in [1.29, 1.82) is 5.26 Å². The Morgan fingerprint density at radius 2 is 2.05 bits per heavy atom. The van der Waals surface area contributed by atoms with Crippen LogP contribution in [0.1, 0.15) is 25.5 Å². The molecule has 2 atom stereocenters. The fourth-order valence-corrected chi connectivity index (χ4v) is 2.55. The van der Waals surface area contributed by atoms with Crippen LogP contribution < -0.4 is 0 Å². The lowest BCUT2D eigenvalue weighted by Gasteiger charge is -2.31. The van der Waals surface area contributed by atoms with Gasteiger partial charge in [-0.15, -0.1) is 0 Å². The number of benzene rings is 1. The number of aromatic amines is 1. The standard InChI is InChI=1S/C15H20N4/c1-10(2)12(8-16)15(19(3)4)11-5-6-13-14(7-11)18-9-17-13/h5-7,9-10,12,15H,1-4H3,(H,17,18). The molecule has 0 amide bonds. The summed E-state index contributed by atoms with van der Waals surface area (Å²) >= 11 is 0. The third-order valence-corrected chi connectivity index (χ3v) is 3.55. The van der Waals surface area contributed by atoms with E-state index in [2.05, 4.69) is 46.9 Å². The number of hydrogen-bond donors (Lipinski definition) is 1. The van der Waals surface area contributed by atoms with E-state index in [1.165, 1.54) is 0 Å². The lowest BCUT2D eigenvalue weighted by Crippen LogP contribution is -2.29. The van der Waals surface area contributed by atoms with Crippen molar-refractivity contribution in [3.8, 4) is 6.07 Å². The highest BCUT2D eigenvalue weighted by Crippen LogP contribution is 2.32. The number of nitrogens with one attached hydrogen (secondary N) is 1. The van der Waals surface area contributed by atoms with E-state index in [0.717, 1.165) is 16.6 Å². The lowest BCUT2D eigenvalue weighted by molar-refractivity contribution is 0.210. The largest absolute Gasteiger partial charge is 0.345 e. The number of rotatable bonds is 4. The van der Waals surface area contributed by atoms with Crippen LogP contribution in [0.15, 0.2) is 24.5 Å². The molecule has 2 unspecified atom stereocenters. The number of H-pyrrole nitrogens is 1. The van der Waals surface area contributed by atoms with E-state index in [0.29, 0.717) is 5.92 Å². The molecule has 4 nitrogen and oxygen atoms in total. The minimum atomic E-state index is -0.0321. The van der Waals surface area contributed by atoms with Gasteiger partial charge in [-0.05, 0) is 37.7 Å². The van der Waals surface area contributed by atoms with Crippen molar-refractivity contribution in [2.45, 2.75) is 19.9 Å². The Morgan fingerprint density at radius 3 is 2.63 bits per heavy atom. The maximum atomic E-state index is 9.45. The van der Waals surface area contributed by atoms with Gasteiger partial charge in [-0.25, -0.2) is 4.98 Å². The average molecular weight is 256 g/mol. The molecule has 0 fully saturated rings. The van der Waals surface area contributed by atoms with Gasteiger partial charge in [0.15, 0.2) is 0 Å². The van der Waals surface area contributed by atoms with E-state index in [1.807, 2.05) is 20.2 Å². The SMILES string of the molecule is CC(C)C(C#N)C(c1ccc2nc[nH]c2c1)N(C)C. The Balaban J connectivity index is 2.46. The number of fused-ring (bicyclic) bond motifs is 1. The maximum Gasteiger partial charge on any atom is 0.0931 e. The normalized spacial score (nSPS) is 14.8. The molecule has 0 aliphatic heterocycles. The molecule has 0 saturated heterocycles. The molecule has 0 saturated carbocycles. The molecule has 19 heavy (non-hydrogen) atoms. The van der Waals surface area contributed by atoms with Crippen LogP contribution in [0.3, 0.4) is 0 Å². The van der Waals surface area contributed by atoms with Crippen molar-refractivity contribution in [3.05, 3.63) is 30.1 Å². The van der Waals surface area contributed by atoms with Crippen LogP contribution >= 0.6 is 0 Å². The van der Waals surface area contributed by atoms with Gasteiger partial charge in [-0.2, -0.15) is 5.26 Å². The summed E-state index contributed by atoms with van der Waals surface area (Å²) < 4.78 is 0. The average Bonchev–Trinajstić information content (AvgIpc) is 2.81. The Kier molecular flexibility index (Phi) is 3.87. The number of imidazole rings is 1. The van der Waals surface area contributed by atoms with Gasteiger partial charge in [0, 0.05) is 0 Å². The third kappa shape index (κ3) is 2.61. The fourth-order valence-electron chi connectivity index (χ4n) is 2.55. The van der Waals surface area contributed by atoms with Crippen LogP contribution in [0.4, 0.5) is 0 Å². The minimum absolute atomic E-state index is 0.0321. The first-order valence-corrected chi connectivity index (χ1v) is 6.53. The summed E-state index contributed by atoms with van der Waals surface area (Å²) in [6, 6.07) is 8.72. The lowest BCUT2D eigenvalue weighted by atomic mass is 9.85. The zero-order chi connectivity index (χ0) is 14.0. The number of hydrogen-bond acceptors (Lipinski definition) is 3. The highest BCUT2D eigenvalue weighted by atomic mass is 15.1. The molecular weight excluding hydrogens is 236 g/mol. The van der Waals surface area contributed by atoms with E-state index in [9.17, 15) is 5.26 Å². The number of nitrogens with zero attached hydrogens (tertiary/aromatic N) is 3. The van der Waals surface area contributed by atoms with Crippen molar-refractivity contribution in [1.82, 2.24) is 14.9 Å². The van der Waals surface area contributed by atoms with Crippen LogP contribution in [-0.4, -0.2) is 29.0 Å². The van der Waals surface area contributed by atoms with Crippen LogP contribution in [0.2, 0.25) is 0 Å². The molecule has 1 N–H and O–H groups in total. The Hall–Kier alpha value is -1.86. The molecule has 2 aromatic rings. The predicted octanol–water partition coefficient (Wildman–Crippen LogP) is 2.96. The van der Waals surface area contributed by atoms with E-state index in [4.69, 9.17) is 0 Å². The highest BCUT2D eigenvalue weighted by molar-refractivity contribution is 5.75. The quantitative estimate of drug-likeness (QED) is 0.915. The second-order valence-corrected chi connectivity index (χ2v) is 5.49. The van der Waals surface area contributed by atoms with E-state index < -0.39 is 0 Å². The zero-order valence-electron chi connectivity index (χ0n) is 11.9. The van der Waals surface area contributed by atoms with Crippen molar-refractivity contribution >= 4 is 11.0 Å². The van der Waals surface area contributed by atoms with E-state index >= 15 is 0 Å². The van der Waals surface area contributed by atoms with Crippen molar-refractivity contribution in [2.75, 3.05) is 14.1 Å². The zero-order valence-corrected chi connectivity index (χ0v) is 11.9. The molecular formula is C15H20N4. The predicted molar refractivity (Wildman–Crippen MR) is 76.5 cm³/mol. The first kappa shape index (κ1) is 13.6. The first-order valence-electron chi connectivity index (χ1n) is 6.53. The van der Waals surface area contributed by atoms with Gasteiger partial charge in [0.1, 0.15) is 0 Å². The Morgan fingerprint density at radius 1 is 1.32 bits per heavy atom. The second kappa shape index (κ2) is 5.41. The summed E-state index contributed by atoms with van der Waals surface area (Å²) in [4.78, 5) is 9.47. The summed E-state index contributed by atoms with van der Waals surface area (Å²) in [6.07, 6.45) is 1.70. The molecule has 2 rings (SSSR count). The molecule has 1 heterocycles. The molecule has 0 aliphatic rings. The second-order valence-electron chi connectivity index (χ2n) is 5.49. The monoisotopic (exact) mass is 256 g/mol. The van der Waals surface area contributed by atoms with Gasteiger partial charge in [0.2, 0.25) is 0 Å². The van der Waals surface area contributed by atoms with Crippen LogP contribution in [0.5, 0.6) is 0 Å². The molecule has 1 aromatic heterocycles. The van der Waals surface area contributed by atoms with Gasteiger partial charge in [-0.1, -0.05) is 19.9 Å². The summed E-state index contributed by atoms with van der Waals surface area (Å²) in [5.41, 5.74) is 3.13. The molecule has 1 aromatic carbocycles. The van der Waals surface area contributed by atoms with Gasteiger partial charge >= 0.3 is 0 Å². The van der Waals surface area contributed by atoms with Crippen LogP contribution in [0.25, 0.3) is 11.0 Å². The smallest absolute Gasteiger partial charge is 0.0931 e. The minimum Gasteiger partial charge on any atom is -0.345 e. The number of aromatic nitrogens is 2. The van der Waals surface area contributed by atoms with E-state index in [-0.39, 0.29) is 12.0 Å². The summed E-state index contributed by atoms with van der Waals surface area (Å²) in [6.45, 7) is 4.19. The molecule has 0 spiro atoms. The van der Waals surface area contributed by atoms with Crippen LogP contribution in [-0.2, 0) is 0 Å². The topological polar surface area (TPSA) is 55.7 Å². The third-order valence-electron chi connectivity index (χ3n) is 3.55. The molecule has 0 aliphatic carbocycles. The molecule has 0 radical (unpaired) electrons. The maximum absolute atomic E-state index is 9.45. The molecule has 4 heteroatoms. The Bertz CT molecular complexity index is 591. The first-order chi connectivity index (χ1) is 9.04. The van der Waals surface area contributed by atoms with Gasteiger partial charge in [0.25, 0.3) is 0 Å². The van der Waals surface area contributed by atoms with Crippen molar-refractivity contribution in [2.24, 2.45) is 11.8 Å². The highest BCUT2D eigenvalue weighted by Gasteiger charge is 2.28. The fraction of sp³-hybridized carbons (Fsp3) is 0.467. The summed E-state index contributed by atoms with van der Waals surface area (Å²) in [5, 5.41) is 9.45. The Labute approximate surface area is 114 Å². The number of nitriles is 1. The molecule has 0 bridgehead atoms. The van der Waals surface area contributed by atoms with Crippen molar-refractivity contribution in [3.63, 3.8) is 0 Å². The van der Waals surface area contributed by atoms with Gasteiger partial charge in [-0.3, -0.25) is 0 Å². The van der Waals surface area contributed by atoms with Crippen molar-refractivity contribution < 1.29 is 0 Å². The van der Waals surface area contributed by atoms with E-state index in [1.54, 1.807) is 6.33 Å².